The average molecular weight is 321 g/mol. The van der Waals surface area contributed by atoms with Crippen LogP contribution < -0.4 is 9.47 Å². The number of thiazole rings is 1. The Bertz CT molecular complexity index is 666. The van der Waals surface area contributed by atoms with Gasteiger partial charge in [-0.15, -0.1) is 11.3 Å². The molecule has 22 heavy (non-hydrogen) atoms. The van der Waals surface area contributed by atoms with E-state index < -0.39 is 5.97 Å². The second-order valence-corrected chi connectivity index (χ2v) is 5.64. The summed E-state index contributed by atoms with van der Waals surface area (Å²) in [6.07, 6.45) is 1.45. The van der Waals surface area contributed by atoms with Gasteiger partial charge in [0.2, 0.25) is 0 Å². The second kappa shape index (κ2) is 7.26. The smallest absolute Gasteiger partial charge is 0.347 e. The van der Waals surface area contributed by atoms with Crippen molar-refractivity contribution in [3.8, 4) is 22.1 Å². The summed E-state index contributed by atoms with van der Waals surface area (Å²) < 4.78 is 11.2. The van der Waals surface area contributed by atoms with E-state index in [-0.39, 0.29) is 4.88 Å². The lowest BCUT2D eigenvalue weighted by molar-refractivity contribution is 0.0701. The van der Waals surface area contributed by atoms with E-state index >= 15 is 0 Å². The van der Waals surface area contributed by atoms with Crippen LogP contribution in [0.15, 0.2) is 18.2 Å². The lowest BCUT2D eigenvalue weighted by atomic mass is 10.2. The van der Waals surface area contributed by atoms with Gasteiger partial charge in [-0.05, 0) is 25.0 Å². The molecule has 0 aliphatic heterocycles. The molecule has 1 aromatic heterocycles. The maximum Gasteiger partial charge on any atom is 0.347 e. The number of hydrogen-bond donors (Lipinski definition) is 1. The van der Waals surface area contributed by atoms with Crippen LogP contribution in [0.4, 0.5) is 0 Å². The lowest BCUT2D eigenvalue weighted by Gasteiger charge is -2.13. The van der Waals surface area contributed by atoms with Crippen LogP contribution in [-0.2, 0) is 6.42 Å². The average Bonchev–Trinajstić information content (AvgIpc) is 2.96. The third-order valence-electron chi connectivity index (χ3n) is 3.11. The highest BCUT2D eigenvalue weighted by atomic mass is 32.1. The molecular formula is C16H19NO4S. The van der Waals surface area contributed by atoms with Crippen molar-refractivity contribution in [2.45, 2.75) is 26.7 Å². The Morgan fingerprint density at radius 1 is 1.36 bits per heavy atom. The van der Waals surface area contributed by atoms with Gasteiger partial charge in [0.15, 0.2) is 11.5 Å². The number of para-hydroxylation sites is 1. The highest BCUT2D eigenvalue weighted by molar-refractivity contribution is 7.17. The van der Waals surface area contributed by atoms with Crippen LogP contribution in [0.2, 0.25) is 0 Å². The minimum absolute atomic E-state index is 0.279. The van der Waals surface area contributed by atoms with Crippen molar-refractivity contribution in [3.63, 3.8) is 0 Å². The lowest BCUT2D eigenvalue weighted by Crippen LogP contribution is -1.99. The van der Waals surface area contributed by atoms with Crippen molar-refractivity contribution in [2.24, 2.45) is 0 Å². The minimum Gasteiger partial charge on any atom is -0.493 e. The monoisotopic (exact) mass is 321 g/mol. The van der Waals surface area contributed by atoms with Crippen molar-refractivity contribution in [1.29, 1.82) is 0 Å². The second-order valence-electron chi connectivity index (χ2n) is 4.64. The molecule has 0 aliphatic carbocycles. The fraction of sp³-hybridized carbons (Fsp3) is 0.375. The largest absolute Gasteiger partial charge is 0.493 e. The van der Waals surface area contributed by atoms with Gasteiger partial charge in [-0.3, -0.25) is 0 Å². The summed E-state index contributed by atoms with van der Waals surface area (Å²) in [5, 5.41) is 9.92. The van der Waals surface area contributed by atoms with Gasteiger partial charge in [-0.1, -0.05) is 19.9 Å². The zero-order chi connectivity index (χ0) is 16.1. The van der Waals surface area contributed by atoms with Gasteiger partial charge in [0.25, 0.3) is 0 Å². The number of aryl methyl sites for hydroxylation is 1. The predicted molar refractivity (Wildman–Crippen MR) is 86.2 cm³/mol. The van der Waals surface area contributed by atoms with Gasteiger partial charge < -0.3 is 14.6 Å². The summed E-state index contributed by atoms with van der Waals surface area (Å²) in [4.78, 5) is 16.1. The number of ether oxygens (including phenoxy) is 2. The van der Waals surface area contributed by atoms with Crippen molar-refractivity contribution in [3.05, 3.63) is 28.8 Å². The molecule has 6 heteroatoms. The number of aromatic carboxylic acids is 1. The molecule has 0 aliphatic rings. The van der Waals surface area contributed by atoms with Crippen LogP contribution in [0.1, 0.15) is 35.6 Å². The number of carbonyl (C=O) groups is 1. The number of benzene rings is 1. The summed E-state index contributed by atoms with van der Waals surface area (Å²) in [7, 11) is 1.58. The maximum atomic E-state index is 11.3. The molecule has 0 saturated carbocycles. The highest BCUT2D eigenvalue weighted by Crippen LogP contribution is 2.40. The maximum absolute atomic E-state index is 11.3. The molecule has 0 spiro atoms. The van der Waals surface area contributed by atoms with E-state index in [1.165, 1.54) is 11.3 Å². The van der Waals surface area contributed by atoms with Crippen LogP contribution in [0, 0.1) is 0 Å². The Hall–Kier alpha value is -2.08. The molecule has 0 bridgehead atoms. The number of nitrogens with zero attached hydrogens (tertiary/aromatic N) is 1. The fourth-order valence-corrected chi connectivity index (χ4v) is 3.09. The minimum atomic E-state index is -0.945. The van der Waals surface area contributed by atoms with Crippen molar-refractivity contribution in [1.82, 2.24) is 4.98 Å². The summed E-state index contributed by atoms with van der Waals surface area (Å²) in [6, 6.07) is 5.54. The van der Waals surface area contributed by atoms with Crippen molar-refractivity contribution < 1.29 is 19.4 Å². The Labute approximate surface area is 133 Å². The van der Waals surface area contributed by atoms with E-state index in [0.29, 0.717) is 35.2 Å². The summed E-state index contributed by atoms with van der Waals surface area (Å²) in [5.41, 5.74) is 1.36. The number of aromatic nitrogens is 1. The van der Waals surface area contributed by atoms with Crippen LogP contribution in [0.3, 0.4) is 0 Å². The third kappa shape index (κ3) is 3.22. The quantitative estimate of drug-likeness (QED) is 0.838. The van der Waals surface area contributed by atoms with E-state index in [9.17, 15) is 9.90 Å². The SMILES string of the molecule is CCCOc1c(OC)cccc1-c1nc(CC)c(C(=O)O)s1. The van der Waals surface area contributed by atoms with Gasteiger partial charge in [0.1, 0.15) is 9.88 Å². The Morgan fingerprint density at radius 3 is 2.68 bits per heavy atom. The first kappa shape index (κ1) is 16.3. The van der Waals surface area contributed by atoms with E-state index in [4.69, 9.17) is 9.47 Å². The first-order chi connectivity index (χ1) is 10.6. The third-order valence-corrected chi connectivity index (χ3v) is 4.23. The number of carboxylic acid groups (broad SMARTS) is 1. The first-order valence-corrected chi connectivity index (χ1v) is 7.97. The molecule has 1 heterocycles. The number of methoxy groups -OCH3 is 1. The number of hydrogen-bond acceptors (Lipinski definition) is 5. The molecule has 2 aromatic rings. The van der Waals surface area contributed by atoms with E-state index in [2.05, 4.69) is 4.98 Å². The molecule has 0 fully saturated rings. The highest BCUT2D eigenvalue weighted by Gasteiger charge is 2.20. The molecule has 2 rings (SSSR count). The first-order valence-electron chi connectivity index (χ1n) is 7.15. The fourth-order valence-electron chi connectivity index (χ4n) is 2.07. The van der Waals surface area contributed by atoms with E-state index in [1.807, 2.05) is 32.0 Å². The summed E-state index contributed by atoms with van der Waals surface area (Å²) >= 11 is 1.17. The molecule has 0 atom stereocenters. The topological polar surface area (TPSA) is 68.7 Å². The van der Waals surface area contributed by atoms with Crippen LogP contribution in [-0.4, -0.2) is 29.8 Å². The predicted octanol–water partition coefficient (Wildman–Crippen LogP) is 3.87. The van der Waals surface area contributed by atoms with Crippen LogP contribution >= 0.6 is 11.3 Å². The van der Waals surface area contributed by atoms with Crippen LogP contribution in [0.5, 0.6) is 11.5 Å². The number of carboxylic acids is 1. The van der Waals surface area contributed by atoms with Crippen molar-refractivity contribution in [2.75, 3.05) is 13.7 Å². The molecule has 0 amide bonds. The standard InChI is InChI=1S/C16H19NO4S/c1-4-9-21-13-10(7-6-8-12(13)20-3)15-17-11(5-2)14(22-15)16(18)19/h6-8H,4-5,9H2,1-3H3,(H,18,19). The zero-order valence-corrected chi connectivity index (χ0v) is 13.7. The Balaban J connectivity index is 2.54. The number of rotatable bonds is 7. The molecule has 0 radical (unpaired) electrons. The van der Waals surface area contributed by atoms with Gasteiger partial charge in [0.05, 0.1) is 25.0 Å². The zero-order valence-electron chi connectivity index (χ0n) is 12.9. The molecule has 0 unspecified atom stereocenters. The molecule has 118 valence electrons. The van der Waals surface area contributed by atoms with Crippen molar-refractivity contribution >= 4 is 17.3 Å². The summed E-state index contributed by atoms with van der Waals surface area (Å²) in [5.74, 6) is 0.288. The van der Waals surface area contributed by atoms with Gasteiger partial charge >= 0.3 is 5.97 Å². The molecule has 5 nitrogen and oxygen atoms in total. The van der Waals surface area contributed by atoms with Gasteiger partial charge in [0, 0.05) is 0 Å². The molecule has 0 saturated heterocycles. The normalized spacial score (nSPS) is 10.5. The molecular weight excluding hydrogens is 302 g/mol. The molecule has 1 aromatic carbocycles. The van der Waals surface area contributed by atoms with Gasteiger partial charge in [-0.2, -0.15) is 0 Å². The van der Waals surface area contributed by atoms with E-state index in [1.54, 1.807) is 7.11 Å². The van der Waals surface area contributed by atoms with Crippen LogP contribution in [0.25, 0.3) is 10.6 Å². The van der Waals surface area contributed by atoms with E-state index in [0.717, 1.165) is 12.0 Å². The Kier molecular flexibility index (Phi) is 5.38. The summed E-state index contributed by atoms with van der Waals surface area (Å²) in [6.45, 7) is 4.48. The van der Waals surface area contributed by atoms with Gasteiger partial charge in [-0.25, -0.2) is 9.78 Å². The molecule has 1 N–H and O–H groups in total. The Morgan fingerprint density at radius 2 is 2.14 bits per heavy atom.